The monoisotopic (exact) mass is 286 g/mol. The van der Waals surface area contributed by atoms with E-state index in [1.807, 2.05) is 0 Å². The van der Waals surface area contributed by atoms with Gasteiger partial charge in [0.25, 0.3) is 0 Å². The molecule has 2 atom stereocenters. The van der Waals surface area contributed by atoms with Gasteiger partial charge in [0.1, 0.15) is 5.75 Å². The first kappa shape index (κ1) is 13.6. The summed E-state index contributed by atoms with van der Waals surface area (Å²) in [5, 5.41) is 3.74. The molecule has 3 aliphatic rings. The van der Waals surface area contributed by atoms with E-state index in [4.69, 9.17) is 4.74 Å². The van der Waals surface area contributed by atoms with Crippen LogP contribution >= 0.6 is 0 Å². The number of nitrogens with zero attached hydrogens (tertiary/aromatic N) is 1. The molecule has 3 heteroatoms. The molecule has 4 rings (SSSR count). The average Bonchev–Trinajstić information content (AvgIpc) is 3.07. The van der Waals surface area contributed by atoms with Crippen molar-refractivity contribution in [2.45, 2.75) is 44.7 Å². The Kier molecular flexibility index (Phi) is 3.64. The van der Waals surface area contributed by atoms with Crippen LogP contribution in [0.5, 0.6) is 5.75 Å². The second-order valence-corrected chi connectivity index (χ2v) is 6.98. The minimum atomic E-state index is 0.436. The third-order valence-corrected chi connectivity index (χ3v) is 5.31. The third-order valence-electron chi connectivity index (χ3n) is 5.31. The van der Waals surface area contributed by atoms with Crippen LogP contribution in [0, 0.1) is 5.92 Å². The van der Waals surface area contributed by atoms with Crippen molar-refractivity contribution in [3.63, 3.8) is 0 Å². The van der Waals surface area contributed by atoms with Crippen LogP contribution in [0.25, 0.3) is 0 Å². The maximum atomic E-state index is 5.59. The van der Waals surface area contributed by atoms with Gasteiger partial charge in [-0.15, -0.1) is 0 Å². The second-order valence-electron chi connectivity index (χ2n) is 6.98. The molecule has 2 aliphatic heterocycles. The van der Waals surface area contributed by atoms with Gasteiger partial charge in [-0.25, -0.2) is 0 Å². The van der Waals surface area contributed by atoms with E-state index >= 15 is 0 Å². The van der Waals surface area contributed by atoms with Gasteiger partial charge in [-0.1, -0.05) is 12.1 Å². The van der Waals surface area contributed by atoms with Gasteiger partial charge in [0.05, 0.1) is 6.61 Å². The van der Waals surface area contributed by atoms with E-state index < -0.39 is 0 Å². The van der Waals surface area contributed by atoms with E-state index in [1.54, 1.807) is 0 Å². The summed E-state index contributed by atoms with van der Waals surface area (Å²) in [4.78, 5) is 2.70. The lowest BCUT2D eigenvalue weighted by molar-refractivity contribution is 0.310. The predicted molar refractivity (Wildman–Crippen MR) is 84.8 cm³/mol. The molecule has 0 radical (unpaired) electrons. The zero-order valence-corrected chi connectivity index (χ0v) is 13.0. The molecule has 1 aromatic carbocycles. The molecule has 1 aliphatic carbocycles. The molecule has 114 valence electrons. The normalized spacial score (nSPS) is 26.6. The molecule has 2 fully saturated rings. The summed E-state index contributed by atoms with van der Waals surface area (Å²) in [6, 6.07) is 8.05. The van der Waals surface area contributed by atoms with Gasteiger partial charge < -0.3 is 15.0 Å². The van der Waals surface area contributed by atoms with Crippen molar-refractivity contribution < 1.29 is 4.74 Å². The van der Waals surface area contributed by atoms with Crippen LogP contribution in [0.1, 0.15) is 43.4 Å². The van der Waals surface area contributed by atoms with E-state index in [-0.39, 0.29) is 0 Å². The molecule has 0 bridgehead atoms. The SMILES string of the molecule is CC(NCC1CCN(C2CC2)C1)c1ccc2c(c1)CCO2. The van der Waals surface area contributed by atoms with Gasteiger partial charge in [-0.05, 0) is 62.4 Å². The maximum absolute atomic E-state index is 5.59. The van der Waals surface area contributed by atoms with Crippen LogP contribution in [0.2, 0.25) is 0 Å². The van der Waals surface area contributed by atoms with Gasteiger partial charge >= 0.3 is 0 Å². The number of ether oxygens (including phenoxy) is 1. The Morgan fingerprint density at radius 2 is 2.24 bits per heavy atom. The molecule has 1 saturated heterocycles. The van der Waals surface area contributed by atoms with Gasteiger partial charge in [0, 0.05) is 25.0 Å². The lowest BCUT2D eigenvalue weighted by Gasteiger charge is -2.19. The topological polar surface area (TPSA) is 24.5 Å². The van der Waals surface area contributed by atoms with Gasteiger partial charge in [0.2, 0.25) is 0 Å². The molecule has 2 unspecified atom stereocenters. The summed E-state index contributed by atoms with van der Waals surface area (Å²) < 4.78 is 5.59. The molecular weight excluding hydrogens is 260 g/mol. The molecular formula is C18H26N2O. The standard InChI is InChI=1S/C18H26N2O/c1-13(15-2-5-18-16(10-15)7-9-21-18)19-11-14-6-8-20(12-14)17-3-4-17/h2,5,10,13-14,17,19H,3-4,6-9,11-12H2,1H3. The molecule has 1 aromatic rings. The van der Waals surface area contributed by atoms with E-state index in [0.717, 1.165) is 37.3 Å². The van der Waals surface area contributed by atoms with E-state index in [1.165, 1.54) is 43.5 Å². The highest BCUT2D eigenvalue weighted by Gasteiger charge is 2.34. The van der Waals surface area contributed by atoms with Crippen LogP contribution in [0.3, 0.4) is 0 Å². The van der Waals surface area contributed by atoms with Gasteiger partial charge in [0.15, 0.2) is 0 Å². The van der Waals surface area contributed by atoms with Crippen molar-refractivity contribution >= 4 is 0 Å². The van der Waals surface area contributed by atoms with Crippen molar-refractivity contribution in [2.24, 2.45) is 5.92 Å². The highest BCUT2D eigenvalue weighted by atomic mass is 16.5. The quantitative estimate of drug-likeness (QED) is 0.901. The van der Waals surface area contributed by atoms with Crippen molar-refractivity contribution in [1.82, 2.24) is 10.2 Å². The number of hydrogen-bond donors (Lipinski definition) is 1. The molecule has 21 heavy (non-hydrogen) atoms. The number of hydrogen-bond acceptors (Lipinski definition) is 3. The number of fused-ring (bicyclic) bond motifs is 1. The number of rotatable bonds is 5. The molecule has 0 amide bonds. The van der Waals surface area contributed by atoms with E-state index in [9.17, 15) is 0 Å². The van der Waals surface area contributed by atoms with Gasteiger partial charge in [-0.2, -0.15) is 0 Å². The zero-order chi connectivity index (χ0) is 14.2. The van der Waals surface area contributed by atoms with Crippen molar-refractivity contribution in [3.05, 3.63) is 29.3 Å². The largest absolute Gasteiger partial charge is 0.493 e. The summed E-state index contributed by atoms with van der Waals surface area (Å²) in [5.74, 6) is 1.92. The minimum Gasteiger partial charge on any atom is -0.493 e. The van der Waals surface area contributed by atoms with Crippen LogP contribution in [0.15, 0.2) is 18.2 Å². The summed E-state index contributed by atoms with van der Waals surface area (Å²) in [6.07, 6.45) is 5.31. The first-order valence-corrected chi connectivity index (χ1v) is 8.52. The molecule has 1 N–H and O–H groups in total. The molecule has 0 aromatic heterocycles. The Bertz CT molecular complexity index is 512. The highest BCUT2D eigenvalue weighted by molar-refractivity contribution is 5.40. The van der Waals surface area contributed by atoms with Crippen LogP contribution < -0.4 is 10.1 Å². The summed E-state index contributed by atoms with van der Waals surface area (Å²) in [5.41, 5.74) is 2.78. The second kappa shape index (κ2) is 5.62. The highest BCUT2D eigenvalue weighted by Crippen LogP contribution is 2.32. The Hall–Kier alpha value is -1.06. The maximum Gasteiger partial charge on any atom is 0.122 e. The van der Waals surface area contributed by atoms with Crippen molar-refractivity contribution in [3.8, 4) is 5.75 Å². The molecule has 3 nitrogen and oxygen atoms in total. The first-order chi connectivity index (χ1) is 10.3. The van der Waals surface area contributed by atoms with E-state index in [0.29, 0.717) is 6.04 Å². The van der Waals surface area contributed by atoms with Gasteiger partial charge in [-0.3, -0.25) is 0 Å². The number of benzene rings is 1. The fourth-order valence-electron chi connectivity index (χ4n) is 3.74. The Labute approximate surface area is 127 Å². The Morgan fingerprint density at radius 3 is 3.10 bits per heavy atom. The van der Waals surface area contributed by atoms with Crippen LogP contribution in [0.4, 0.5) is 0 Å². The number of nitrogens with one attached hydrogen (secondary N) is 1. The Balaban J connectivity index is 1.30. The van der Waals surface area contributed by atoms with Crippen molar-refractivity contribution in [1.29, 1.82) is 0 Å². The third kappa shape index (κ3) is 2.95. The lowest BCUT2D eigenvalue weighted by atomic mass is 10.0. The molecule has 1 saturated carbocycles. The van der Waals surface area contributed by atoms with E-state index in [2.05, 4.69) is 35.3 Å². The molecule has 0 spiro atoms. The predicted octanol–water partition coefficient (Wildman–Crippen LogP) is 2.76. The summed E-state index contributed by atoms with van der Waals surface area (Å²) in [6.45, 7) is 6.91. The lowest BCUT2D eigenvalue weighted by Crippen LogP contribution is -2.29. The summed E-state index contributed by atoms with van der Waals surface area (Å²) in [7, 11) is 0. The minimum absolute atomic E-state index is 0.436. The van der Waals surface area contributed by atoms with Crippen LogP contribution in [-0.4, -0.2) is 37.2 Å². The zero-order valence-electron chi connectivity index (χ0n) is 13.0. The molecule has 2 heterocycles. The average molecular weight is 286 g/mol. The van der Waals surface area contributed by atoms with Crippen molar-refractivity contribution in [2.75, 3.05) is 26.2 Å². The van der Waals surface area contributed by atoms with Crippen LogP contribution in [-0.2, 0) is 6.42 Å². The fraction of sp³-hybridized carbons (Fsp3) is 0.667. The first-order valence-electron chi connectivity index (χ1n) is 8.52. The fourth-order valence-corrected chi connectivity index (χ4v) is 3.74. The smallest absolute Gasteiger partial charge is 0.122 e. The summed E-state index contributed by atoms with van der Waals surface area (Å²) >= 11 is 0. The number of likely N-dealkylation sites (tertiary alicyclic amines) is 1. The Morgan fingerprint density at radius 1 is 1.33 bits per heavy atom.